The molecule has 1 atom stereocenters. The number of halogens is 1. The van der Waals surface area contributed by atoms with Gasteiger partial charge in [0.25, 0.3) is 0 Å². The average Bonchev–Trinajstić information content (AvgIpc) is 3.09. The van der Waals surface area contributed by atoms with Crippen molar-refractivity contribution < 1.29 is 9.53 Å². The van der Waals surface area contributed by atoms with Gasteiger partial charge in [-0.25, -0.2) is 0 Å². The first-order chi connectivity index (χ1) is 10.8. The van der Waals surface area contributed by atoms with Gasteiger partial charge >= 0.3 is 0 Å². The van der Waals surface area contributed by atoms with Crippen LogP contribution in [-0.4, -0.2) is 42.0 Å². The molecule has 1 amide bonds. The molecule has 0 aromatic heterocycles. The number of carbonyl (C=O) groups is 1. The van der Waals surface area contributed by atoms with Gasteiger partial charge in [-0.2, -0.15) is 11.8 Å². The number of hydrogen-bond donors (Lipinski definition) is 2. The number of benzene rings is 1. The maximum Gasteiger partial charge on any atom is 0.242 e. The van der Waals surface area contributed by atoms with E-state index >= 15 is 0 Å². The van der Waals surface area contributed by atoms with Crippen molar-refractivity contribution >= 4 is 47.5 Å². The molecule has 0 aliphatic carbocycles. The lowest BCUT2D eigenvalue weighted by atomic mass is 10.2. The van der Waals surface area contributed by atoms with Crippen molar-refractivity contribution in [1.29, 1.82) is 0 Å². The lowest BCUT2D eigenvalue weighted by Gasteiger charge is -2.21. The van der Waals surface area contributed by atoms with Crippen LogP contribution >= 0.6 is 35.9 Å². The standard InChI is InChI=1S/C16H22N2O2S2.ClH/c19-16(15-10-21-11-17-15)18-13-3-1-2-12(8-13)9-22-14-4-6-20-7-5-14;/h1-3,8,14-15,17H,4-7,9-11H2,(H,18,19);1H. The van der Waals surface area contributed by atoms with Gasteiger partial charge < -0.3 is 10.1 Å². The zero-order valence-corrected chi connectivity index (χ0v) is 15.4. The predicted octanol–water partition coefficient (Wildman–Crippen LogP) is 3.12. The molecule has 0 saturated carbocycles. The molecule has 1 aromatic rings. The zero-order valence-electron chi connectivity index (χ0n) is 13.0. The summed E-state index contributed by atoms with van der Waals surface area (Å²) < 4.78 is 5.39. The number of ether oxygens (including phenoxy) is 1. The molecule has 2 aliphatic rings. The van der Waals surface area contributed by atoms with Gasteiger partial charge in [-0.1, -0.05) is 12.1 Å². The summed E-state index contributed by atoms with van der Waals surface area (Å²) in [4.78, 5) is 12.1. The van der Waals surface area contributed by atoms with Crippen molar-refractivity contribution in [2.24, 2.45) is 0 Å². The number of amides is 1. The molecule has 2 heterocycles. The summed E-state index contributed by atoms with van der Waals surface area (Å²) >= 11 is 3.76. The topological polar surface area (TPSA) is 50.4 Å². The third kappa shape index (κ3) is 5.87. The second kappa shape index (κ2) is 9.79. The highest BCUT2D eigenvalue weighted by Crippen LogP contribution is 2.26. The van der Waals surface area contributed by atoms with Crippen molar-refractivity contribution in [3.05, 3.63) is 29.8 Å². The molecule has 0 bridgehead atoms. The fourth-order valence-electron chi connectivity index (χ4n) is 2.59. The van der Waals surface area contributed by atoms with Crippen molar-refractivity contribution in [2.45, 2.75) is 29.9 Å². The van der Waals surface area contributed by atoms with E-state index in [1.165, 1.54) is 5.56 Å². The molecule has 1 unspecified atom stereocenters. The maximum absolute atomic E-state index is 12.1. The number of anilines is 1. The number of nitrogens with one attached hydrogen (secondary N) is 2. The highest BCUT2D eigenvalue weighted by atomic mass is 35.5. The Balaban J connectivity index is 0.00000192. The van der Waals surface area contributed by atoms with Crippen molar-refractivity contribution in [2.75, 3.05) is 30.2 Å². The SMILES string of the molecule is Cl.O=C(Nc1cccc(CSC2CCOCC2)c1)C1CSCN1. The number of hydrogen-bond acceptors (Lipinski definition) is 5. The summed E-state index contributed by atoms with van der Waals surface area (Å²) in [5.74, 6) is 2.77. The van der Waals surface area contributed by atoms with E-state index in [1.807, 2.05) is 23.9 Å². The van der Waals surface area contributed by atoms with E-state index in [0.29, 0.717) is 5.25 Å². The fraction of sp³-hybridized carbons (Fsp3) is 0.562. The van der Waals surface area contributed by atoms with Crippen LogP contribution in [0.25, 0.3) is 0 Å². The van der Waals surface area contributed by atoms with E-state index < -0.39 is 0 Å². The highest BCUT2D eigenvalue weighted by molar-refractivity contribution is 7.99. The fourth-order valence-corrected chi connectivity index (χ4v) is 4.66. The van der Waals surface area contributed by atoms with Crippen LogP contribution in [0.1, 0.15) is 18.4 Å². The van der Waals surface area contributed by atoms with Gasteiger partial charge in [0.15, 0.2) is 0 Å². The van der Waals surface area contributed by atoms with Crippen molar-refractivity contribution in [3.8, 4) is 0 Å². The van der Waals surface area contributed by atoms with E-state index in [9.17, 15) is 4.79 Å². The molecule has 0 spiro atoms. The Labute approximate surface area is 152 Å². The van der Waals surface area contributed by atoms with Gasteiger partial charge in [0, 0.05) is 41.5 Å². The lowest BCUT2D eigenvalue weighted by Crippen LogP contribution is -2.37. The monoisotopic (exact) mass is 374 g/mol. The maximum atomic E-state index is 12.1. The van der Waals surface area contributed by atoms with E-state index in [0.717, 1.165) is 49.1 Å². The first-order valence-electron chi connectivity index (χ1n) is 7.71. The number of thioether (sulfide) groups is 2. The van der Waals surface area contributed by atoms with E-state index in [2.05, 4.69) is 22.8 Å². The van der Waals surface area contributed by atoms with E-state index in [4.69, 9.17) is 4.74 Å². The van der Waals surface area contributed by atoms with Gasteiger partial charge in [-0.3, -0.25) is 10.1 Å². The molecule has 2 fully saturated rings. The largest absolute Gasteiger partial charge is 0.381 e. The quantitative estimate of drug-likeness (QED) is 0.829. The van der Waals surface area contributed by atoms with Gasteiger partial charge in [0.05, 0.1) is 6.04 Å². The molecule has 2 saturated heterocycles. The van der Waals surface area contributed by atoms with Crippen molar-refractivity contribution in [3.63, 3.8) is 0 Å². The van der Waals surface area contributed by atoms with Crippen LogP contribution in [0.2, 0.25) is 0 Å². The minimum atomic E-state index is -0.0646. The Morgan fingerprint density at radius 2 is 2.22 bits per heavy atom. The average molecular weight is 375 g/mol. The van der Waals surface area contributed by atoms with Gasteiger partial charge in [-0.05, 0) is 30.5 Å². The van der Waals surface area contributed by atoms with Crippen LogP contribution in [0.15, 0.2) is 24.3 Å². The van der Waals surface area contributed by atoms with E-state index in [1.54, 1.807) is 11.8 Å². The molecule has 0 radical (unpaired) electrons. The van der Waals surface area contributed by atoms with Crippen LogP contribution in [0, 0.1) is 0 Å². The molecule has 2 aliphatic heterocycles. The Morgan fingerprint density at radius 3 is 2.96 bits per heavy atom. The Kier molecular flexibility index (Phi) is 8.06. The summed E-state index contributed by atoms with van der Waals surface area (Å²) in [7, 11) is 0. The van der Waals surface area contributed by atoms with E-state index in [-0.39, 0.29) is 24.4 Å². The molecule has 3 rings (SSSR count). The second-order valence-corrected chi connectivity index (χ2v) is 7.90. The molecule has 7 heteroatoms. The lowest BCUT2D eigenvalue weighted by molar-refractivity contribution is -0.117. The molecule has 4 nitrogen and oxygen atoms in total. The third-order valence-corrected chi connectivity index (χ3v) is 6.26. The smallest absolute Gasteiger partial charge is 0.242 e. The molecule has 128 valence electrons. The summed E-state index contributed by atoms with van der Waals surface area (Å²) in [6.45, 7) is 1.78. The number of rotatable bonds is 5. The molecular weight excluding hydrogens is 352 g/mol. The highest BCUT2D eigenvalue weighted by Gasteiger charge is 2.22. The Morgan fingerprint density at radius 1 is 1.39 bits per heavy atom. The van der Waals surface area contributed by atoms with Gasteiger partial charge in [-0.15, -0.1) is 24.2 Å². The first-order valence-corrected chi connectivity index (χ1v) is 9.92. The predicted molar refractivity (Wildman–Crippen MR) is 102 cm³/mol. The normalized spacial score (nSPS) is 21.7. The van der Waals surface area contributed by atoms with Crippen LogP contribution < -0.4 is 10.6 Å². The van der Waals surface area contributed by atoms with Gasteiger partial charge in [0.1, 0.15) is 0 Å². The molecule has 23 heavy (non-hydrogen) atoms. The molecule has 1 aromatic carbocycles. The van der Waals surface area contributed by atoms with Gasteiger partial charge in [0.2, 0.25) is 5.91 Å². The molecule has 2 N–H and O–H groups in total. The second-order valence-electron chi connectivity index (χ2n) is 5.58. The summed E-state index contributed by atoms with van der Waals surface area (Å²) in [5.41, 5.74) is 2.16. The minimum absolute atomic E-state index is 0. The Hall–Kier alpha value is -0.400. The third-order valence-electron chi connectivity index (χ3n) is 3.88. The summed E-state index contributed by atoms with van der Waals surface area (Å²) in [6.07, 6.45) is 2.29. The zero-order chi connectivity index (χ0) is 15.2. The van der Waals surface area contributed by atoms with Crippen molar-refractivity contribution in [1.82, 2.24) is 5.32 Å². The van der Waals surface area contributed by atoms with Crippen LogP contribution in [-0.2, 0) is 15.3 Å². The number of carbonyl (C=O) groups excluding carboxylic acids is 1. The van der Waals surface area contributed by atoms with Crippen LogP contribution in [0.3, 0.4) is 0 Å². The molecular formula is C16H23ClN2O2S2. The van der Waals surface area contributed by atoms with Crippen LogP contribution in [0.4, 0.5) is 5.69 Å². The minimum Gasteiger partial charge on any atom is -0.381 e. The summed E-state index contributed by atoms with van der Waals surface area (Å²) in [6, 6.07) is 8.14. The summed E-state index contributed by atoms with van der Waals surface area (Å²) in [5, 5.41) is 6.91. The first kappa shape index (κ1) is 18.9. The Bertz CT molecular complexity index is 507. The van der Waals surface area contributed by atoms with Crippen LogP contribution in [0.5, 0.6) is 0 Å².